The largest absolute Gasteiger partial charge is 0.452 e. The van der Waals surface area contributed by atoms with E-state index in [1.165, 1.54) is 6.92 Å². The summed E-state index contributed by atoms with van der Waals surface area (Å²) in [6.07, 6.45) is 1.48. The summed E-state index contributed by atoms with van der Waals surface area (Å²) < 4.78 is 5.13. The summed E-state index contributed by atoms with van der Waals surface area (Å²) in [6, 6.07) is 3.62. The van der Waals surface area contributed by atoms with Crippen molar-refractivity contribution in [2.75, 3.05) is 0 Å². The average Bonchev–Trinajstić information content (AvgIpc) is 2.57. The van der Waals surface area contributed by atoms with Crippen LogP contribution in [0.5, 0.6) is 0 Å². The third kappa shape index (κ3) is 3.07. The number of carbonyl (C=O) groups excluding carboxylic acids is 1. The fourth-order valence-electron chi connectivity index (χ4n) is 1.66. The van der Waals surface area contributed by atoms with E-state index < -0.39 is 6.10 Å². The molecule has 0 radical (unpaired) electrons. The molecule has 1 atom stereocenters. The lowest BCUT2D eigenvalue weighted by molar-refractivity contribution is -0.144. The molecule has 3 nitrogen and oxygen atoms in total. The Balaban J connectivity index is 0.000000686. The molecule has 0 saturated carbocycles. The van der Waals surface area contributed by atoms with E-state index in [4.69, 9.17) is 16.3 Å². The number of nitrogens with zero attached hydrogens (tertiary/aromatic N) is 1. The summed E-state index contributed by atoms with van der Waals surface area (Å²) in [4.78, 5) is 15.1. The van der Waals surface area contributed by atoms with Crippen LogP contribution >= 0.6 is 11.6 Å². The summed E-state index contributed by atoms with van der Waals surface area (Å²) in [5.74, 6) is -0.321. The van der Waals surface area contributed by atoms with Gasteiger partial charge in [0.2, 0.25) is 0 Å². The number of aromatic nitrogens is 1. The molecular formula is C13H16ClNO2. The van der Waals surface area contributed by atoms with E-state index in [0.29, 0.717) is 5.15 Å². The molecule has 0 amide bonds. The lowest BCUT2D eigenvalue weighted by atomic mass is 10.1. The Hall–Kier alpha value is -1.35. The van der Waals surface area contributed by atoms with Gasteiger partial charge in [-0.05, 0) is 30.7 Å². The molecule has 0 aromatic carbocycles. The van der Waals surface area contributed by atoms with Crippen molar-refractivity contribution in [1.82, 2.24) is 4.98 Å². The summed E-state index contributed by atoms with van der Waals surface area (Å²) in [5.41, 5.74) is 2.77. The number of hydrogen-bond acceptors (Lipinski definition) is 3. The van der Waals surface area contributed by atoms with Gasteiger partial charge in [-0.3, -0.25) is 4.79 Å². The molecule has 2 rings (SSSR count). The van der Waals surface area contributed by atoms with Gasteiger partial charge >= 0.3 is 5.97 Å². The zero-order chi connectivity index (χ0) is 13.0. The molecular weight excluding hydrogens is 238 g/mol. The van der Waals surface area contributed by atoms with Crippen LogP contribution in [0.2, 0.25) is 5.15 Å². The first-order chi connectivity index (χ1) is 8.08. The lowest BCUT2D eigenvalue weighted by Crippen LogP contribution is -2.06. The van der Waals surface area contributed by atoms with Crippen LogP contribution < -0.4 is 0 Å². The molecule has 0 fully saturated rings. The predicted octanol–water partition coefficient (Wildman–Crippen LogP) is 3.78. The molecule has 0 spiro atoms. The van der Waals surface area contributed by atoms with E-state index in [9.17, 15) is 4.79 Å². The summed E-state index contributed by atoms with van der Waals surface area (Å²) in [7, 11) is 0. The average molecular weight is 254 g/mol. The second-order valence-corrected chi connectivity index (χ2v) is 3.83. The Morgan fingerprint density at radius 1 is 1.41 bits per heavy atom. The third-order valence-corrected chi connectivity index (χ3v) is 2.49. The minimum Gasteiger partial charge on any atom is -0.452 e. The van der Waals surface area contributed by atoms with Crippen LogP contribution in [0.1, 0.15) is 45.1 Å². The van der Waals surface area contributed by atoms with E-state index in [0.717, 1.165) is 16.8 Å². The number of fused-ring (bicyclic) bond motifs is 1. The molecule has 1 unspecified atom stereocenters. The molecule has 1 aromatic rings. The smallest absolute Gasteiger partial charge is 0.303 e. The van der Waals surface area contributed by atoms with E-state index in [1.807, 2.05) is 32.9 Å². The number of ether oxygens (including phenoxy) is 1. The van der Waals surface area contributed by atoms with Crippen molar-refractivity contribution in [3.05, 3.63) is 34.6 Å². The first-order valence-electron chi connectivity index (χ1n) is 5.60. The highest BCUT2D eigenvalue weighted by Crippen LogP contribution is 2.35. The maximum atomic E-state index is 10.9. The Kier molecular flexibility index (Phi) is 4.70. The SMILES string of the molecule is CC.CC(=O)OC1C=C(C)c2ccc(Cl)nc21. The maximum Gasteiger partial charge on any atom is 0.303 e. The summed E-state index contributed by atoms with van der Waals surface area (Å²) in [5, 5.41) is 0.411. The predicted molar refractivity (Wildman–Crippen MR) is 68.8 cm³/mol. The molecule has 1 aliphatic rings. The van der Waals surface area contributed by atoms with Gasteiger partial charge in [-0.15, -0.1) is 0 Å². The number of rotatable bonds is 1. The van der Waals surface area contributed by atoms with Gasteiger partial charge in [-0.1, -0.05) is 25.4 Å². The van der Waals surface area contributed by atoms with Crippen molar-refractivity contribution in [1.29, 1.82) is 0 Å². The quantitative estimate of drug-likeness (QED) is 0.565. The van der Waals surface area contributed by atoms with Gasteiger partial charge in [0.15, 0.2) is 6.10 Å². The molecule has 0 aliphatic heterocycles. The van der Waals surface area contributed by atoms with E-state index in [2.05, 4.69) is 4.98 Å². The summed E-state index contributed by atoms with van der Waals surface area (Å²) in [6.45, 7) is 7.34. The van der Waals surface area contributed by atoms with Crippen molar-refractivity contribution >= 4 is 23.1 Å². The zero-order valence-corrected chi connectivity index (χ0v) is 11.2. The van der Waals surface area contributed by atoms with Crippen molar-refractivity contribution in [3.8, 4) is 0 Å². The van der Waals surface area contributed by atoms with Gasteiger partial charge in [0.05, 0.1) is 5.69 Å². The first-order valence-corrected chi connectivity index (χ1v) is 5.98. The number of carbonyl (C=O) groups is 1. The van der Waals surface area contributed by atoms with E-state index in [-0.39, 0.29) is 5.97 Å². The van der Waals surface area contributed by atoms with Crippen molar-refractivity contribution in [2.45, 2.75) is 33.8 Å². The number of hydrogen-bond donors (Lipinski definition) is 0. The molecule has 1 heterocycles. The summed E-state index contributed by atoms with van der Waals surface area (Å²) >= 11 is 5.80. The molecule has 1 aromatic heterocycles. The number of pyridine rings is 1. The molecule has 92 valence electrons. The fourth-order valence-corrected chi connectivity index (χ4v) is 1.82. The van der Waals surface area contributed by atoms with Gasteiger partial charge in [0, 0.05) is 12.5 Å². The molecule has 0 bridgehead atoms. The van der Waals surface area contributed by atoms with Crippen LogP contribution in [0.3, 0.4) is 0 Å². The monoisotopic (exact) mass is 253 g/mol. The van der Waals surface area contributed by atoms with E-state index >= 15 is 0 Å². The minimum atomic E-state index is -0.392. The number of allylic oxidation sites excluding steroid dienone is 1. The second kappa shape index (κ2) is 5.82. The van der Waals surface area contributed by atoms with Crippen molar-refractivity contribution < 1.29 is 9.53 Å². The zero-order valence-electron chi connectivity index (χ0n) is 10.5. The highest BCUT2D eigenvalue weighted by molar-refractivity contribution is 6.29. The number of esters is 1. The van der Waals surface area contributed by atoms with Crippen LogP contribution in [-0.2, 0) is 9.53 Å². The first kappa shape index (κ1) is 13.7. The molecule has 0 N–H and O–H groups in total. The van der Waals surface area contributed by atoms with Crippen molar-refractivity contribution in [3.63, 3.8) is 0 Å². The van der Waals surface area contributed by atoms with Crippen LogP contribution in [0, 0.1) is 0 Å². The molecule has 17 heavy (non-hydrogen) atoms. The normalized spacial score (nSPS) is 16.5. The third-order valence-electron chi connectivity index (χ3n) is 2.28. The number of halogens is 1. The Labute approximate surface area is 106 Å². The maximum absolute atomic E-state index is 10.9. The molecule has 1 aliphatic carbocycles. The Morgan fingerprint density at radius 2 is 2.06 bits per heavy atom. The van der Waals surface area contributed by atoms with E-state index in [1.54, 1.807) is 6.07 Å². The van der Waals surface area contributed by atoms with Gasteiger partial charge < -0.3 is 4.74 Å². The molecule has 0 saturated heterocycles. The Morgan fingerprint density at radius 3 is 2.65 bits per heavy atom. The van der Waals surface area contributed by atoms with Gasteiger partial charge in [0.25, 0.3) is 0 Å². The van der Waals surface area contributed by atoms with Crippen LogP contribution in [0.25, 0.3) is 5.57 Å². The van der Waals surface area contributed by atoms with Crippen LogP contribution in [-0.4, -0.2) is 11.0 Å². The lowest BCUT2D eigenvalue weighted by Gasteiger charge is -2.09. The topological polar surface area (TPSA) is 39.2 Å². The molecule has 4 heteroatoms. The van der Waals surface area contributed by atoms with Crippen LogP contribution in [0.15, 0.2) is 18.2 Å². The minimum absolute atomic E-state index is 0.321. The standard InChI is InChI=1S/C11H10ClNO2.C2H6/c1-6-5-9(15-7(2)14)11-8(6)3-4-10(12)13-11;1-2/h3-5,9H,1-2H3;1-2H3. The highest BCUT2D eigenvalue weighted by Gasteiger charge is 2.25. The van der Waals surface area contributed by atoms with Crippen molar-refractivity contribution in [2.24, 2.45) is 0 Å². The van der Waals surface area contributed by atoms with Gasteiger partial charge in [-0.25, -0.2) is 4.98 Å². The van der Waals surface area contributed by atoms with Gasteiger partial charge in [0.1, 0.15) is 5.15 Å². The van der Waals surface area contributed by atoms with Crippen LogP contribution in [0.4, 0.5) is 0 Å². The Bertz CT molecular complexity index is 455. The second-order valence-electron chi connectivity index (χ2n) is 3.45. The highest BCUT2D eigenvalue weighted by atomic mass is 35.5. The fraction of sp³-hybridized carbons (Fsp3) is 0.385. The van der Waals surface area contributed by atoms with Gasteiger partial charge in [-0.2, -0.15) is 0 Å².